The van der Waals surface area contributed by atoms with Crippen molar-refractivity contribution in [3.63, 3.8) is 0 Å². The zero-order valence-electron chi connectivity index (χ0n) is 21.2. The maximum atomic E-state index is 13.5. The van der Waals surface area contributed by atoms with Crippen LogP contribution >= 0.6 is 11.3 Å². The number of methoxy groups -OCH3 is 1. The lowest BCUT2D eigenvalue weighted by Crippen LogP contribution is -2.36. The summed E-state index contributed by atoms with van der Waals surface area (Å²) in [5, 5.41) is 12.2. The first-order valence-corrected chi connectivity index (χ1v) is 13.0. The molecule has 4 rings (SSSR count). The summed E-state index contributed by atoms with van der Waals surface area (Å²) in [5.74, 6) is 0.385. The Morgan fingerprint density at radius 3 is 2.46 bits per heavy atom. The molecule has 1 heterocycles. The summed E-state index contributed by atoms with van der Waals surface area (Å²) >= 11 is 1.29. The number of aromatic nitrogens is 2. The van der Waals surface area contributed by atoms with Crippen LogP contribution in [0.1, 0.15) is 47.8 Å². The Kier molecular flexibility index (Phi) is 8.64. The maximum Gasteiger partial charge on any atom is 0.254 e. The molecule has 1 aromatic heterocycles. The summed E-state index contributed by atoms with van der Waals surface area (Å²) in [7, 11) is 1.61. The van der Waals surface area contributed by atoms with Crippen LogP contribution in [0, 0.1) is 0 Å². The Balaban J connectivity index is 1.45. The van der Waals surface area contributed by atoms with E-state index in [1.54, 1.807) is 12.0 Å². The zero-order valence-corrected chi connectivity index (χ0v) is 22.0. The van der Waals surface area contributed by atoms with Crippen LogP contribution in [0.5, 0.6) is 5.75 Å². The number of ether oxygens (including phenoxy) is 1. The first-order chi connectivity index (χ1) is 18.0. The second kappa shape index (κ2) is 12.3. The van der Waals surface area contributed by atoms with Crippen molar-refractivity contribution in [2.24, 2.45) is 0 Å². The number of nitrogens with one attached hydrogen (secondary N) is 1. The van der Waals surface area contributed by atoms with Crippen molar-refractivity contribution in [1.29, 1.82) is 0 Å². The lowest BCUT2D eigenvalue weighted by Gasteiger charge is -2.30. The number of rotatable bonds is 10. The first-order valence-electron chi connectivity index (χ1n) is 12.2. The molecular weight excluding hydrogens is 484 g/mol. The number of benzene rings is 3. The Bertz CT molecular complexity index is 1340. The van der Waals surface area contributed by atoms with Crippen molar-refractivity contribution >= 4 is 28.3 Å². The monoisotopic (exact) mass is 514 g/mol. The van der Waals surface area contributed by atoms with E-state index in [-0.39, 0.29) is 30.8 Å². The molecule has 4 aromatic rings. The summed E-state index contributed by atoms with van der Waals surface area (Å²) in [5.41, 5.74) is 3.64. The van der Waals surface area contributed by atoms with Gasteiger partial charge in [-0.2, -0.15) is 0 Å². The van der Waals surface area contributed by atoms with Gasteiger partial charge in [-0.15, -0.1) is 10.2 Å². The second-order valence-corrected chi connectivity index (χ2v) is 9.56. The average Bonchev–Trinajstić information content (AvgIpc) is 3.41. The second-order valence-electron chi connectivity index (χ2n) is 8.58. The summed E-state index contributed by atoms with van der Waals surface area (Å²) in [6.45, 7) is 4.32. The summed E-state index contributed by atoms with van der Waals surface area (Å²) in [6.07, 6.45) is 1.04. The molecule has 2 amide bonds. The first kappa shape index (κ1) is 26.0. The Morgan fingerprint density at radius 2 is 1.76 bits per heavy atom. The van der Waals surface area contributed by atoms with Gasteiger partial charge in [0.1, 0.15) is 10.8 Å². The smallest absolute Gasteiger partial charge is 0.254 e. The molecule has 0 fully saturated rings. The highest BCUT2D eigenvalue weighted by Gasteiger charge is 2.24. The summed E-state index contributed by atoms with van der Waals surface area (Å²) in [6, 6.07) is 24.8. The average molecular weight is 515 g/mol. The summed E-state index contributed by atoms with van der Waals surface area (Å²) in [4.78, 5) is 28.1. The molecular formula is C29H30N4O3S. The fourth-order valence-electron chi connectivity index (χ4n) is 3.98. The van der Waals surface area contributed by atoms with Crippen LogP contribution in [0.4, 0.5) is 5.13 Å². The fourth-order valence-corrected chi connectivity index (χ4v) is 4.74. The van der Waals surface area contributed by atoms with E-state index in [1.807, 2.05) is 85.8 Å². The lowest BCUT2D eigenvalue weighted by atomic mass is 10.0. The standard InChI is InChI=1S/C29H30N4O3S/c1-4-21-13-15-23(16-14-21)28(35)33(20(2)22-9-6-5-7-10-22)18-17-26(34)30-29-32-31-27(37-29)24-11-8-12-25(19-24)36-3/h5-16,19-20H,4,17-18H2,1-3H3,(H,30,32,34)/t20-/m1/s1. The van der Waals surface area contributed by atoms with Gasteiger partial charge in [0, 0.05) is 24.1 Å². The minimum Gasteiger partial charge on any atom is -0.497 e. The molecule has 1 atom stereocenters. The number of anilines is 1. The molecule has 0 bridgehead atoms. The molecule has 0 aliphatic heterocycles. The van der Waals surface area contributed by atoms with Gasteiger partial charge in [-0.05, 0) is 48.7 Å². The largest absolute Gasteiger partial charge is 0.497 e. The third-order valence-corrected chi connectivity index (χ3v) is 7.08. The van der Waals surface area contributed by atoms with Crippen molar-refractivity contribution in [3.8, 4) is 16.3 Å². The number of carbonyl (C=O) groups is 2. The van der Waals surface area contributed by atoms with E-state index in [9.17, 15) is 9.59 Å². The van der Waals surface area contributed by atoms with E-state index in [2.05, 4.69) is 22.4 Å². The van der Waals surface area contributed by atoms with Crippen LogP contribution in [0.15, 0.2) is 78.9 Å². The zero-order chi connectivity index (χ0) is 26.2. The highest BCUT2D eigenvalue weighted by Crippen LogP contribution is 2.29. The molecule has 0 radical (unpaired) electrons. The molecule has 0 saturated carbocycles. The lowest BCUT2D eigenvalue weighted by molar-refractivity contribution is -0.116. The van der Waals surface area contributed by atoms with E-state index in [1.165, 1.54) is 16.9 Å². The molecule has 0 spiro atoms. The van der Waals surface area contributed by atoms with Crippen molar-refractivity contribution in [3.05, 3.63) is 95.6 Å². The molecule has 0 aliphatic carbocycles. The van der Waals surface area contributed by atoms with Crippen LogP contribution in [0.2, 0.25) is 0 Å². The van der Waals surface area contributed by atoms with Crippen LogP contribution in [0.25, 0.3) is 10.6 Å². The summed E-state index contributed by atoms with van der Waals surface area (Å²) < 4.78 is 5.27. The van der Waals surface area contributed by atoms with Gasteiger partial charge in [-0.3, -0.25) is 9.59 Å². The number of hydrogen-bond donors (Lipinski definition) is 1. The quantitative estimate of drug-likeness (QED) is 0.280. The molecule has 37 heavy (non-hydrogen) atoms. The van der Waals surface area contributed by atoms with Gasteiger partial charge in [-0.1, -0.05) is 72.9 Å². The Morgan fingerprint density at radius 1 is 1.00 bits per heavy atom. The van der Waals surface area contributed by atoms with Crippen molar-refractivity contribution in [1.82, 2.24) is 15.1 Å². The van der Waals surface area contributed by atoms with Crippen LogP contribution < -0.4 is 10.1 Å². The predicted molar refractivity (Wildman–Crippen MR) is 147 cm³/mol. The topological polar surface area (TPSA) is 84.4 Å². The van der Waals surface area contributed by atoms with Crippen molar-refractivity contribution in [2.75, 3.05) is 19.0 Å². The predicted octanol–water partition coefficient (Wildman–Crippen LogP) is 6.01. The van der Waals surface area contributed by atoms with E-state index >= 15 is 0 Å². The molecule has 0 saturated heterocycles. The minimum atomic E-state index is -0.229. The normalized spacial score (nSPS) is 11.5. The third-order valence-electron chi connectivity index (χ3n) is 6.19. The van der Waals surface area contributed by atoms with Gasteiger partial charge < -0.3 is 15.0 Å². The molecule has 190 valence electrons. The molecule has 1 N–H and O–H groups in total. The minimum absolute atomic E-state index is 0.108. The van der Waals surface area contributed by atoms with Gasteiger partial charge in [-0.25, -0.2) is 0 Å². The maximum absolute atomic E-state index is 13.5. The Labute approximate surface area is 221 Å². The third kappa shape index (κ3) is 6.59. The Hall–Kier alpha value is -4.04. The van der Waals surface area contributed by atoms with Gasteiger partial charge >= 0.3 is 0 Å². The van der Waals surface area contributed by atoms with Crippen LogP contribution in [-0.2, 0) is 11.2 Å². The number of aryl methyl sites for hydroxylation is 1. The number of amides is 2. The molecule has 0 aliphatic rings. The van der Waals surface area contributed by atoms with Gasteiger partial charge in [0.25, 0.3) is 5.91 Å². The van der Waals surface area contributed by atoms with E-state index in [0.29, 0.717) is 15.7 Å². The number of nitrogens with zero attached hydrogens (tertiary/aromatic N) is 3. The molecule has 3 aromatic carbocycles. The molecule has 0 unspecified atom stereocenters. The van der Waals surface area contributed by atoms with Gasteiger partial charge in [0.05, 0.1) is 13.2 Å². The number of carbonyl (C=O) groups excluding carboxylic acids is 2. The van der Waals surface area contributed by atoms with Gasteiger partial charge in [0.2, 0.25) is 11.0 Å². The van der Waals surface area contributed by atoms with Gasteiger partial charge in [0.15, 0.2) is 0 Å². The SMILES string of the molecule is CCc1ccc(C(=O)N(CCC(=O)Nc2nnc(-c3cccc(OC)c3)s2)[C@H](C)c2ccccc2)cc1. The number of hydrogen-bond acceptors (Lipinski definition) is 6. The molecule has 7 nitrogen and oxygen atoms in total. The van der Waals surface area contributed by atoms with Crippen LogP contribution in [-0.4, -0.2) is 40.6 Å². The highest BCUT2D eigenvalue weighted by atomic mass is 32.1. The van der Waals surface area contributed by atoms with E-state index in [0.717, 1.165) is 23.3 Å². The van der Waals surface area contributed by atoms with Crippen molar-refractivity contribution in [2.45, 2.75) is 32.7 Å². The fraction of sp³-hybridized carbons (Fsp3) is 0.241. The van der Waals surface area contributed by atoms with Crippen LogP contribution in [0.3, 0.4) is 0 Å². The molecule has 8 heteroatoms. The van der Waals surface area contributed by atoms with Crippen molar-refractivity contribution < 1.29 is 14.3 Å². The van der Waals surface area contributed by atoms with E-state index < -0.39 is 0 Å². The highest BCUT2D eigenvalue weighted by molar-refractivity contribution is 7.18. The van der Waals surface area contributed by atoms with E-state index in [4.69, 9.17) is 4.74 Å².